The number of pyridine rings is 1. The van der Waals surface area contributed by atoms with Crippen LogP contribution in [0.15, 0.2) is 146 Å². The van der Waals surface area contributed by atoms with Gasteiger partial charge in [0.25, 0.3) is 0 Å². The zero-order chi connectivity index (χ0) is 24.6. The maximum atomic E-state index is 13.8. The third-order valence-corrected chi connectivity index (χ3v) is 8.92. The second-order valence-electron chi connectivity index (χ2n) is 8.19. The van der Waals surface area contributed by atoms with E-state index in [4.69, 9.17) is 0 Å². The van der Waals surface area contributed by atoms with Crippen LogP contribution < -0.4 is 15.9 Å². The molecule has 0 aliphatic rings. The first-order valence-electron chi connectivity index (χ1n) is 11.8. The largest absolute Gasteiger partial charge is 0.311 e. The van der Waals surface area contributed by atoms with Gasteiger partial charge < -0.3 is 9.55 Å². The molecule has 6 rings (SSSR count). The van der Waals surface area contributed by atoms with Crippen LogP contribution in [0.1, 0.15) is 0 Å². The van der Waals surface area contributed by atoms with Gasteiger partial charge in [-0.15, -0.1) is 35.9 Å². The molecule has 0 aliphatic heterocycles. The zero-order valence-corrected chi connectivity index (χ0v) is 23.3. The molecule has 1 radical (unpaired) electrons. The SMILES string of the molecule is O=P(c1[c-]cccc1)(c1ccccc1)c1ccccc1.[Ir].[c-]1ccccc1-c1nccc2ccccc12. The van der Waals surface area contributed by atoms with Crippen LogP contribution in [0.3, 0.4) is 0 Å². The molecule has 0 aliphatic carbocycles. The monoisotopic (exact) mass is 674 g/mol. The van der Waals surface area contributed by atoms with E-state index in [0.29, 0.717) is 0 Å². The predicted octanol–water partition coefficient (Wildman–Crippen LogP) is 6.83. The molecule has 4 heteroatoms. The van der Waals surface area contributed by atoms with E-state index >= 15 is 0 Å². The molecular formula is C33H24IrNOP-2. The van der Waals surface area contributed by atoms with Gasteiger partial charge in [-0.3, -0.25) is 0 Å². The third kappa shape index (κ3) is 5.87. The maximum Gasteiger partial charge on any atom is 0.147 e. The number of benzene rings is 5. The number of rotatable bonds is 4. The van der Waals surface area contributed by atoms with Crippen molar-refractivity contribution in [2.75, 3.05) is 0 Å². The molecule has 183 valence electrons. The third-order valence-electron chi connectivity index (χ3n) is 5.91. The zero-order valence-electron chi connectivity index (χ0n) is 20.0. The Bertz CT molecular complexity index is 1480. The molecule has 1 aromatic heterocycles. The molecule has 0 bridgehead atoms. The fourth-order valence-electron chi connectivity index (χ4n) is 4.16. The summed E-state index contributed by atoms with van der Waals surface area (Å²) in [6.45, 7) is 0. The maximum absolute atomic E-state index is 13.8. The van der Waals surface area contributed by atoms with Crippen molar-refractivity contribution in [2.24, 2.45) is 0 Å². The Morgan fingerprint density at radius 1 is 0.568 bits per heavy atom. The minimum absolute atomic E-state index is 0. The van der Waals surface area contributed by atoms with Gasteiger partial charge in [0.15, 0.2) is 0 Å². The first kappa shape index (κ1) is 26.5. The predicted molar refractivity (Wildman–Crippen MR) is 151 cm³/mol. The van der Waals surface area contributed by atoms with E-state index in [1.807, 2.05) is 134 Å². The molecule has 0 amide bonds. The fourth-order valence-corrected chi connectivity index (χ4v) is 6.75. The molecule has 0 N–H and O–H groups in total. The summed E-state index contributed by atoms with van der Waals surface area (Å²) >= 11 is 0. The van der Waals surface area contributed by atoms with Gasteiger partial charge in [-0.1, -0.05) is 90.2 Å². The van der Waals surface area contributed by atoms with Gasteiger partial charge >= 0.3 is 0 Å². The van der Waals surface area contributed by atoms with E-state index in [-0.39, 0.29) is 20.1 Å². The number of aromatic nitrogens is 1. The smallest absolute Gasteiger partial charge is 0.147 e. The summed E-state index contributed by atoms with van der Waals surface area (Å²) in [5.74, 6) is 0. The summed E-state index contributed by atoms with van der Waals surface area (Å²) in [4.78, 5) is 4.45. The molecule has 0 fully saturated rings. The van der Waals surface area contributed by atoms with Crippen molar-refractivity contribution >= 4 is 33.8 Å². The Kier molecular flexibility index (Phi) is 8.99. The average molecular weight is 674 g/mol. The van der Waals surface area contributed by atoms with Gasteiger partial charge in [0.1, 0.15) is 7.14 Å². The Balaban J connectivity index is 0.000000172. The molecule has 0 saturated carbocycles. The van der Waals surface area contributed by atoms with Gasteiger partial charge in [0, 0.05) is 36.9 Å². The van der Waals surface area contributed by atoms with Gasteiger partial charge in [-0.2, -0.15) is 30.3 Å². The van der Waals surface area contributed by atoms with Crippen LogP contribution in [0, 0.1) is 12.1 Å². The average Bonchev–Trinajstić information content (AvgIpc) is 2.98. The quantitative estimate of drug-likeness (QED) is 0.152. The van der Waals surface area contributed by atoms with Crippen LogP contribution in [-0.2, 0) is 24.7 Å². The Morgan fingerprint density at radius 3 is 1.73 bits per heavy atom. The molecule has 0 atom stereocenters. The Hall–Kier alpha value is -3.61. The van der Waals surface area contributed by atoms with E-state index in [1.54, 1.807) is 0 Å². The van der Waals surface area contributed by atoms with E-state index < -0.39 is 7.14 Å². The molecule has 0 saturated heterocycles. The number of hydrogen-bond acceptors (Lipinski definition) is 2. The summed E-state index contributed by atoms with van der Waals surface area (Å²) in [5.41, 5.74) is 2.04. The van der Waals surface area contributed by atoms with E-state index in [0.717, 1.165) is 27.2 Å². The standard InChI is InChI=1S/C18H14OP.C15H10N.Ir/c19-20(16-10-4-1-5-11-16,17-12-6-2-7-13-17)18-14-8-3-9-15-18;1-2-7-13(8-3-1)15-14-9-5-4-6-12(14)10-11-16-15;/h1-14H;1-7,9-11H;/q2*-1;. The minimum atomic E-state index is -2.83. The molecule has 1 heterocycles. The van der Waals surface area contributed by atoms with Crippen molar-refractivity contribution < 1.29 is 24.7 Å². The van der Waals surface area contributed by atoms with Gasteiger partial charge in [0.2, 0.25) is 0 Å². The van der Waals surface area contributed by atoms with Crippen molar-refractivity contribution in [3.63, 3.8) is 0 Å². The summed E-state index contributed by atoms with van der Waals surface area (Å²) in [6.07, 6.45) is 1.85. The van der Waals surface area contributed by atoms with E-state index in [9.17, 15) is 4.57 Å². The molecule has 6 aromatic rings. The van der Waals surface area contributed by atoms with Gasteiger partial charge in [-0.25, -0.2) is 0 Å². The fraction of sp³-hybridized carbons (Fsp3) is 0. The number of hydrogen-bond donors (Lipinski definition) is 0. The minimum Gasteiger partial charge on any atom is -0.311 e. The molecule has 0 spiro atoms. The van der Waals surface area contributed by atoms with Crippen LogP contribution in [-0.4, -0.2) is 4.98 Å². The van der Waals surface area contributed by atoms with Crippen molar-refractivity contribution in [1.29, 1.82) is 0 Å². The summed E-state index contributed by atoms with van der Waals surface area (Å²) < 4.78 is 13.8. The Labute approximate surface area is 231 Å². The summed E-state index contributed by atoms with van der Waals surface area (Å²) in [6, 6.07) is 51.4. The molecule has 5 aromatic carbocycles. The van der Waals surface area contributed by atoms with E-state index in [1.165, 1.54) is 10.8 Å². The number of nitrogens with zero attached hydrogens (tertiary/aromatic N) is 1. The van der Waals surface area contributed by atoms with E-state index in [2.05, 4.69) is 29.2 Å². The van der Waals surface area contributed by atoms with Crippen LogP contribution in [0.4, 0.5) is 0 Å². The summed E-state index contributed by atoms with van der Waals surface area (Å²) in [7, 11) is -2.83. The van der Waals surface area contributed by atoms with Gasteiger partial charge in [-0.05, 0) is 22.5 Å². The van der Waals surface area contributed by atoms with Crippen molar-refractivity contribution in [2.45, 2.75) is 0 Å². The van der Waals surface area contributed by atoms with Crippen molar-refractivity contribution in [3.8, 4) is 11.3 Å². The topological polar surface area (TPSA) is 30.0 Å². The normalized spacial score (nSPS) is 10.6. The molecular weight excluding hydrogens is 650 g/mol. The second kappa shape index (κ2) is 12.6. The summed E-state index contributed by atoms with van der Waals surface area (Å²) in [5, 5.41) is 4.82. The number of fused-ring (bicyclic) bond motifs is 1. The first-order chi connectivity index (χ1) is 17.8. The van der Waals surface area contributed by atoms with Crippen LogP contribution >= 0.6 is 7.14 Å². The van der Waals surface area contributed by atoms with Gasteiger partial charge in [0.05, 0.1) is 0 Å². The molecule has 37 heavy (non-hydrogen) atoms. The Morgan fingerprint density at radius 2 is 1.14 bits per heavy atom. The first-order valence-corrected chi connectivity index (χ1v) is 13.5. The molecule has 2 nitrogen and oxygen atoms in total. The van der Waals surface area contributed by atoms with Crippen molar-refractivity contribution in [3.05, 3.63) is 158 Å². The van der Waals surface area contributed by atoms with Crippen LogP contribution in [0.25, 0.3) is 22.0 Å². The molecule has 0 unspecified atom stereocenters. The second-order valence-corrected chi connectivity index (χ2v) is 10.9. The van der Waals surface area contributed by atoms with Crippen LogP contribution in [0.2, 0.25) is 0 Å². The van der Waals surface area contributed by atoms with Crippen molar-refractivity contribution in [1.82, 2.24) is 4.98 Å². The van der Waals surface area contributed by atoms with Crippen LogP contribution in [0.5, 0.6) is 0 Å².